The van der Waals surface area contributed by atoms with Gasteiger partial charge in [-0.05, 0) is 41.2 Å². The Balaban J connectivity index is 1.51. The summed E-state index contributed by atoms with van der Waals surface area (Å²) in [4.78, 5) is 16.9. The smallest absolute Gasteiger partial charge is 0.407 e. The van der Waals surface area contributed by atoms with E-state index in [0.29, 0.717) is 25.5 Å². The first-order chi connectivity index (χ1) is 20.6. The number of carbonyl (C=O) groups excluding carboxylic acids is 1. The van der Waals surface area contributed by atoms with Crippen LogP contribution in [0, 0.1) is 17.0 Å². The largest absolute Gasteiger partial charge is 0.445 e. The summed E-state index contributed by atoms with van der Waals surface area (Å²) in [5, 5.41) is 11.1. The summed E-state index contributed by atoms with van der Waals surface area (Å²) in [5.41, 5.74) is 2.72. The standard InChI is InChI=1S/C34H39F2N5O2/c1-5-24(18-19-37-33(42)43-23-26-14-10-7-11-15-26)21-38-30(34(2,3)4)32-39-31(28-20-27(35)16-17-29(28)36)40-41(32)22-25-12-8-6-9-13-25/h6-18,20,30,38H,5,19,21-23H2,1-4H3,(H,37,42)/b24-18+/t30-/m0/s1. The summed E-state index contributed by atoms with van der Waals surface area (Å²) in [6, 6.07) is 22.3. The van der Waals surface area contributed by atoms with E-state index in [1.165, 1.54) is 0 Å². The number of rotatable bonds is 12. The second kappa shape index (κ2) is 14.7. The van der Waals surface area contributed by atoms with Crippen LogP contribution in [0.4, 0.5) is 13.6 Å². The molecule has 3 aromatic carbocycles. The summed E-state index contributed by atoms with van der Waals surface area (Å²) in [6.07, 6.45) is 2.25. The number of halogens is 2. The van der Waals surface area contributed by atoms with Crippen molar-refractivity contribution >= 4 is 6.09 Å². The maximum atomic E-state index is 14.8. The zero-order valence-electron chi connectivity index (χ0n) is 25.1. The van der Waals surface area contributed by atoms with Crippen LogP contribution in [0.2, 0.25) is 0 Å². The van der Waals surface area contributed by atoms with E-state index in [1.807, 2.05) is 66.7 Å². The SMILES string of the molecule is CC/C(=C\CNC(=O)OCc1ccccc1)CN[C@@H](c1nc(-c2cc(F)ccc2F)nn1Cc1ccccc1)C(C)(C)C. The number of ether oxygens (including phenoxy) is 1. The fourth-order valence-corrected chi connectivity index (χ4v) is 4.64. The third kappa shape index (κ3) is 9.06. The molecule has 0 saturated heterocycles. The van der Waals surface area contributed by atoms with E-state index in [4.69, 9.17) is 9.72 Å². The van der Waals surface area contributed by atoms with Gasteiger partial charge in [-0.15, -0.1) is 0 Å². The Kier molecular flexibility index (Phi) is 10.8. The number of carbonyl (C=O) groups is 1. The molecule has 0 aliphatic heterocycles. The molecule has 43 heavy (non-hydrogen) atoms. The molecule has 2 N–H and O–H groups in total. The fraction of sp³-hybridized carbons (Fsp3) is 0.324. The van der Waals surface area contributed by atoms with Crippen molar-refractivity contribution in [2.75, 3.05) is 13.1 Å². The van der Waals surface area contributed by atoms with Gasteiger partial charge in [-0.3, -0.25) is 0 Å². The van der Waals surface area contributed by atoms with Gasteiger partial charge in [0.15, 0.2) is 5.82 Å². The van der Waals surface area contributed by atoms with Crippen molar-refractivity contribution in [3.8, 4) is 11.4 Å². The highest BCUT2D eigenvalue weighted by Gasteiger charge is 2.32. The number of nitrogens with zero attached hydrogens (tertiary/aromatic N) is 3. The van der Waals surface area contributed by atoms with Crippen LogP contribution in [-0.4, -0.2) is 33.9 Å². The highest BCUT2D eigenvalue weighted by Crippen LogP contribution is 2.34. The van der Waals surface area contributed by atoms with Crippen molar-refractivity contribution in [3.05, 3.63) is 119 Å². The first-order valence-corrected chi connectivity index (χ1v) is 14.4. The molecule has 0 radical (unpaired) electrons. The minimum atomic E-state index is -0.587. The van der Waals surface area contributed by atoms with Gasteiger partial charge < -0.3 is 15.4 Å². The molecule has 1 heterocycles. The van der Waals surface area contributed by atoms with Gasteiger partial charge in [-0.2, -0.15) is 5.10 Å². The highest BCUT2D eigenvalue weighted by molar-refractivity contribution is 5.67. The molecule has 0 bridgehead atoms. The molecule has 226 valence electrons. The molecule has 4 rings (SSSR count). The number of benzene rings is 3. The molecule has 7 nitrogen and oxygen atoms in total. The second-order valence-electron chi connectivity index (χ2n) is 11.4. The molecule has 1 atom stereocenters. The van der Waals surface area contributed by atoms with Gasteiger partial charge in [0.05, 0.1) is 18.2 Å². The predicted molar refractivity (Wildman–Crippen MR) is 164 cm³/mol. The van der Waals surface area contributed by atoms with Crippen molar-refractivity contribution in [2.24, 2.45) is 5.41 Å². The first kappa shape index (κ1) is 31.6. The lowest BCUT2D eigenvalue weighted by molar-refractivity contribution is 0.140. The summed E-state index contributed by atoms with van der Waals surface area (Å²) < 4.78 is 35.9. The molecule has 0 aliphatic rings. The molecule has 4 aromatic rings. The Morgan fingerprint density at radius 1 is 1.00 bits per heavy atom. The lowest BCUT2D eigenvalue weighted by atomic mass is 9.85. The van der Waals surface area contributed by atoms with Crippen LogP contribution in [-0.2, 0) is 17.9 Å². The molecule has 0 spiro atoms. The minimum absolute atomic E-state index is 0.0140. The summed E-state index contributed by atoms with van der Waals surface area (Å²) in [7, 11) is 0. The Bertz CT molecular complexity index is 1520. The lowest BCUT2D eigenvalue weighted by Gasteiger charge is -2.31. The van der Waals surface area contributed by atoms with E-state index in [1.54, 1.807) is 4.68 Å². The maximum Gasteiger partial charge on any atom is 0.407 e. The van der Waals surface area contributed by atoms with Gasteiger partial charge in [-0.25, -0.2) is 23.2 Å². The second-order valence-corrected chi connectivity index (χ2v) is 11.4. The van der Waals surface area contributed by atoms with E-state index in [2.05, 4.69) is 43.4 Å². The zero-order valence-corrected chi connectivity index (χ0v) is 25.1. The van der Waals surface area contributed by atoms with Crippen LogP contribution in [0.1, 0.15) is 57.1 Å². The van der Waals surface area contributed by atoms with Crippen LogP contribution < -0.4 is 10.6 Å². The normalized spacial score (nSPS) is 12.7. The van der Waals surface area contributed by atoms with E-state index in [0.717, 1.165) is 41.3 Å². The van der Waals surface area contributed by atoms with Crippen molar-refractivity contribution < 1.29 is 18.3 Å². The van der Waals surface area contributed by atoms with E-state index >= 15 is 0 Å². The average molecular weight is 588 g/mol. The van der Waals surface area contributed by atoms with Crippen LogP contribution in [0.3, 0.4) is 0 Å². The third-order valence-corrected chi connectivity index (χ3v) is 7.01. The Hall–Kier alpha value is -4.37. The van der Waals surface area contributed by atoms with Gasteiger partial charge in [-0.1, -0.05) is 100 Å². The molecule has 0 aliphatic carbocycles. The molecule has 9 heteroatoms. The van der Waals surface area contributed by atoms with E-state index in [-0.39, 0.29) is 29.5 Å². The van der Waals surface area contributed by atoms with Crippen molar-refractivity contribution in [1.29, 1.82) is 0 Å². The number of hydrogen-bond donors (Lipinski definition) is 2. The average Bonchev–Trinajstić information content (AvgIpc) is 3.39. The molecule has 1 amide bonds. The summed E-state index contributed by atoms with van der Waals surface area (Å²) in [5.74, 6) is -0.397. The zero-order chi connectivity index (χ0) is 30.8. The van der Waals surface area contributed by atoms with Gasteiger partial charge >= 0.3 is 6.09 Å². The Morgan fingerprint density at radius 3 is 2.33 bits per heavy atom. The third-order valence-electron chi connectivity index (χ3n) is 7.01. The molecule has 0 unspecified atom stereocenters. The van der Waals surface area contributed by atoms with Crippen molar-refractivity contribution in [3.63, 3.8) is 0 Å². The van der Waals surface area contributed by atoms with Crippen LogP contribution in [0.15, 0.2) is 90.5 Å². The molecule has 0 saturated carbocycles. The monoisotopic (exact) mass is 587 g/mol. The van der Waals surface area contributed by atoms with Crippen LogP contribution in [0.5, 0.6) is 0 Å². The summed E-state index contributed by atoms with van der Waals surface area (Å²) >= 11 is 0. The lowest BCUT2D eigenvalue weighted by Crippen LogP contribution is -2.36. The van der Waals surface area contributed by atoms with E-state index in [9.17, 15) is 13.6 Å². The number of nitrogens with one attached hydrogen (secondary N) is 2. The van der Waals surface area contributed by atoms with E-state index < -0.39 is 17.7 Å². The molecular formula is C34H39F2N5O2. The van der Waals surface area contributed by atoms with Crippen LogP contribution in [0.25, 0.3) is 11.4 Å². The van der Waals surface area contributed by atoms with Crippen LogP contribution >= 0.6 is 0 Å². The number of amides is 1. The quantitative estimate of drug-likeness (QED) is 0.171. The van der Waals surface area contributed by atoms with Gasteiger partial charge in [0.1, 0.15) is 24.1 Å². The maximum absolute atomic E-state index is 14.8. The Morgan fingerprint density at radius 2 is 1.67 bits per heavy atom. The molecule has 1 aromatic heterocycles. The van der Waals surface area contributed by atoms with Crippen molar-refractivity contribution in [2.45, 2.75) is 53.3 Å². The predicted octanol–water partition coefficient (Wildman–Crippen LogP) is 7.21. The summed E-state index contributed by atoms with van der Waals surface area (Å²) in [6.45, 7) is 9.80. The molecule has 0 fully saturated rings. The Labute approximate surface area is 252 Å². The van der Waals surface area contributed by atoms with Gasteiger partial charge in [0.25, 0.3) is 0 Å². The fourth-order valence-electron chi connectivity index (χ4n) is 4.64. The van der Waals surface area contributed by atoms with Gasteiger partial charge in [0.2, 0.25) is 0 Å². The van der Waals surface area contributed by atoms with Crippen molar-refractivity contribution in [1.82, 2.24) is 25.4 Å². The number of alkyl carbamates (subject to hydrolysis) is 1. The van der Waals surface area contributed by atoms with Gasteiger partial charge in [0, 0.05) is 13.1 Å². The molecular weight excluding hydrogens is 548 g/mol. The minimum Gasteiger partial charge on any atom is -0.445 e. The first-order valence-electron chi connectivity index (χ1n) is 14.4. The highest BCUT2D eigenvalue weighted by atomic mass is 19.1. The number of hydrogen-bond acceptors (Lipinski definition) is 5. The number of aromatic nitrogens is 3. The topological polar surface area (TPSA) is 81.1 Å².